The van der Waals surface area contributed by atoms with Gasteiger partial charge in [0.15, 0.2) is 0 Å². The van der Waals surface area contributed by atoms with Crippen LogP contribution in [0.1, 0.15) is 18.1 Å². The molecule has 0 fully saturated rings. The Bertz CT molecular complexity index is 509. The van der Waals surface area contributed by atoms with Gasteiger partial charge in [-0.05, 0) is 37.1 Å². The van der Waals surface area contributed by atoms with Crippen molar-refractivity contribution in [2.24, 2.45) is 0 Å². The van der Waals surface area contributed by atoms with Crippen LogP contribution in [-0.2, 0) is 13.0 Å². The Morgan fingerprint density at radius 2 is 1.89 bits per heavy atom. The lowest BCUT2D eigenvalue weighted by Gasteiger charge is -2.14. The summed E-state index contributed by atoms with van der Waals surface area (Å²) >= 11 is 0. The SMILES string of the molecule is CC(Cc1c(F)cccc1F)NCc1cccnc1. The van der Waals surface area contributed by atoms with Crippen LogP contribution in [0.25, 0.3) is 0 Å². The first-order valence-corrected chi connectivity index (χ1v) is 6.22. The van der Waals surface area contributed by atoms with E-state index in [2.05, 4.69) is 10.3 Å². The molecule has 0 spiro atoms. The second kappa shape index (κ2) is 6.38. The number of rotatable bonds is 5. The molecule has 1 aromatic carbocycles. The summed E-state index contributed by atoms with van der Waals surface area (Å²) in [6, 6.07) is 7.74. The van der Waals surface area contributed by atoms with E-state index >= 15 is 0 Å². The van der Waals surface area contributed by atoms with Crippen LogP contribution in [0.3, 0.4) is 0 Å². The van der Waals surface area contributed by atoms with Crippen LogP contribution in [0, 0.1) is 11.6 Å². The lowest BCUT2D eigenvalue weighted by Crippen LogP contribution is -2.28. The molecule has 0 saturated heterocycles. The molecule has 100 valence electrons. The number of nitrogens with one attached hydrogen (secondary N) is 1. The Labute approximate surface area is 111 Å². The quantitative estimate of drug-likeness (QED) is 0.895. The van der Waals surface area contributed by atoms with Gasteiger partial charge in [0.1, 0.15) is 11.6 Å². The van der Waals surface area contributed by atoms with E-state index in [1.54, 1.807) is 12.4 Å². The molecule has 0 radical (unpaired) electrons. The van der Waals surface area contributed by atoms with Gasteiger partial charge in [-0.15, -0.1) is 0 Å². The number of hydrogen-bond acceptors (Lipinski definition) is 2. The van der Waals surface area contributed by atoms with Crippen LogP contribution in [0.15, 0.2) is 42.7 Å². The summed E-state index contributed by atoms with van der Waals surface area (Å²) in [6.45, 7) is 2.54. The van der Waals surface area contributed by atoms with Gasteiger partial charge >= 0.3 is 0 Å². The average molecular weight is 262 g/mol. The maximum atomic E-state index is 13.5. The van der Waals surface area contributed by atoms with E-state index in [0.717, 1.165) is 5.56 Å². The highest BCUT2D eigenvalue weighted by Crippen LogP contribution is 2.14. The van der Waals surface area contributed by atoms with Crippen molar-refractivity contribution in [2.75, 3.05) is 0 Å². The summed E-state index contributed by atoms with van der Waals surface area (Å²) in [5.41, 5.74) is 1.18. The van der Waals surface area contributed by atoms with E-state index in [0.29, 0.717) is 13.0 Å². The lowest BCUT2D eigenvalue weighted by atomic mass is 10.1. The molecule has 19 heavy (non-hydrogen) atoms. The van der Waals surface area contributed by atoms with E-state index < -0.39 is 11.6 Å². The van der Waals surface area contributed by atoms with Gasteiger partial charge in [0.2, 0.25) is 0 Å². The summed E-state index contributed by atoms with van der Waals surface area (Å²) in [5, 5.41) is 3.23. The summed E-state index contributed by atoms with van der Waals surface area (Å²) in [5.74, 6) is -0.981. The Hall–Kier alpha value is -1.81. The van der Waals surface area contributed by atoms with Crippen LogP contribution in [-0.4, -0.2) is 11.0 Å². The van der Waals surface area contributed by atoms with Crippen molar-refractivity contribution in [1.29, 1.82) is 0 Å². The molecule has 1 N–H and O–H groups in total. The highest BCUT2D eigenvalue weighted by atomic mass is 19.1. The van der Waals surface area contributed by atoms with E-state index in [1.807, 2.05) is 19.1 Å². The van der Waals surface area contributed by atoms with E-state index in [-0.39, 0.29) is 11.6 Å². The largest absolute Gasteiger partial charge is 0.310 e. The first-order valence-electron chi connectivity index (χ1n) is 6.22. The van der Waals surface area contributed by atoms with Gasteiger partial charge in [-0.2, -0.15) is 0 Å². The molecule has 0 aliphatic carbocycles. The van der Waals surface area contributed by atoms with Crippen molar-refractivity contribution in [2.45, 2.75) is 25.9 Å². The topological polar surface area (TPSA) is 24.9 Å². The minimum absolute atomic E-state index is 0.0217. The van der Waals surface area contributed by atoms with Crippen LogP contribution >= 0.6 is 0 Å². The summed E-state index contributed by atoms with van der Waals surface area (Å²) in [7, 11) is 0. The minimum atomic E-state index is -0.491. The van der Waals surface area contributed by atoms with Gasteiger partial charge < -0.3 is 5.32 Å². The highest BCUT2D eigenvalue weighted by molar-refractivity contribution is 5.20. The van der Waals surface area contributed by atoms with Crippen molar-refractivity contribution in [3.63, 3.8) is 0 Å². The van der Waals surface area contributed by atoms with Gasteiger partial charge in [-0.1, -0.05) is 12.1 Å². The molecule has 2 rings (SSSR count). The second-order valence-electron chi connectivity index (χ2n) is 4.55. The van der Waals surface area contributed by atoms with Gasteiger partial charge in [0.25, 0.3) is 0 Å². The molecule has 0 aliphatic heterocycles. The van der Waals surface area contributed by atoms with E-state index in [1.165, 1.54) is 18.2 Å². The van der Waals surface area contributed by atoms with Gasteiger partial charge in [0, 0.05) is 30.5 Å². The number of pyridine rings is 1. The zero-order chi connectivity index (χ0) is 13.7. The molecular weight excluding hydrogens is 246 g/mol. The molecule has 0 saturated carbocycles. The van der Waals surface area contributed by atoms with Crippen LogP contribution < -0.4 is 5.32 Å². The summed E-state index contributed by atoms with van der Waals surface area (Å²) in [4.78, 5) is 4.01. The fourth-order valence-corrected chi connectivity index (χ4v) is 1.90. The smallest absolute Gasteiger partial charge is 0.129 e. The highest BCUT2D eigenvalue weighted by Gasteiger charge is 2.12. The van der Waals surface area contributed by atoms with E-state index in [4.69, 9.17) is 0 Å². The number of aromatic nitrogens is 1. The minimum Gasteiger partial charge on any atom is -0.310 e. The number of benzene rings is 1. The van der Waals surface area contributed by atoms with Crippen LogP contribution in [0.5, 0.6) is 0 Å². The van der Waals surface area contributed by atoms with Crippen molar-refractivity contribution in [1.82, 2.24) is 10.3 Å². The standard InChI is InChI=1S/C15H16F2N2/c1-11(19-10-12-4-3-7-18-9-12)8-13-14(16)5-2-6-15(13)17/h2-7,9,11,19H,8,10H2,1H3. The maximum absolute atomic E-state index is 13.5. The van der Waals surface area contributed by atoms with E-state index in [9.17, 15) is 8.78 Å². The van der Waals surface area contributed by atoms with Crippen molar-refractivity contribution in [3.05, 3.63) is 65.5 Å². The number of hydrogen-bond donors (Lipinski definition) is 1. The van der Waals surface area contributed by atoms with Crippen molar-refractivity contribution >= 4 is 0 Å². The number of halogens is 2. The molecule has 2 nitrogen and oxygen atoms in total. The molecule has 1 aromatic heterocycles. The third-order valence-electron chi connectivity index (χ3n) is 2.95. The number of nitrogens with zero attached hydrogens (tertiary/aromatic N) is 1. The maximum Gasteiger partial charge on any atom is 0.129 e. The first kappa shape index (κ1) is 13.6. The van der Waals surface area contributed by atoms with Gasteiger partial charge in [-0.3, -0.25) is 4.98 Å². The van der Waals surface area contributed by atoms with Gasteiger partial charge in [0.05, 0.1) is 0 Å². The fraction of sp³-hybridized carbons (Fsp3) is 0.267. The Balaban J connectivity index is 1.93. The third-order valence-corrected chi connectivity index (χ3v) is 2.95. The molecule has 1 heterocycles. The van der Waals surface area contributed by atoms with Gasteiger partial charge in [-0.25, -0.2) is 8.78 Å². The zero-order valence-electron chi connectivity index (χ0n) is 10.7. The molecule has 0 amide bonds. The summed E-state index contributed by atoms with van der Waals surface area (Å²) < 4.78 is 27.0. The average Bonchev–Trinajstić information content (AvgIpc) is 2.42. The summed E-state index contributed by atoms with van der Waals surface area (Å²) in [6.07, 6.45) is 3.80. The molecule has 0 bridgehead atoms. The van der Waals surface area contributed by atoms with Crippen LogP contribution in [0.2, 0.25) is 0 Å². The molecule has 1 unspecified atom stereocenters. The Morgan fingerprint density at radius 1 is 1.16 bits per heavy atom. The lowest BCUT2D eigenvalue weighted by molar-refractivity contribution is 0.499. The normalized spacial score (nSPS) is 12.4. The predicted octanol–water partition coefficient (Wildman–Crippen LogP) is 3.08. The Morgan fingerprint density at radius 3 is 2.53 bits per heavy atom. The third kappa shape index (κ3) is 3.83. The second-order valence-corrected chi connectivity index (χ2v) is 4.55. The monoisotopic (exact) mass is 262 g/mol. The first-order chi connectivity index (χ1) is 9.16. The predicted molar refractivity (Wildman–Crippen MR) is 70.6 cm³/mol. The molecule has 0 aliphatic rings. The van der Waals surface area contributed by atoms with Crippen molar-refractivity contribution < 1.29 is 8.78 Å². The van der Waals surface area contributed by atoms with Crippen LogP contribution in [0.4, 0.5) is 8.78 Å². The molecular formula is C15H16F2N2. The fourth-order valence-electron chi connectivity index (χ4n) is 1.90. The van der Waals surface area contributed by atoms with Crippen molar-refractivity contribution in [3.8, 4) is 0 Å². The zero-order valence-corrected chi connectivity index (χ0v) is 10.7. The molecule has 2 aromatic rings. The molecule has 1 atom stereocenters. The molecule has 4 heteroatoms. The Kier molecular flexibility index (Phi) is 4.58.